The Balaban J connectivity index is 2.58. The van der Waals surface area contributed by atoms with Gasteiger partial charge in [-0.05, 0) is 0 Å². The Bertz CT molecular complexity index is 619. The van der Waals surface area contributed by atoms with E-state index in [4.69, 9.17) is 0 Å². The van der Waals surface area contributed by atoms with E-state index >= 15 is 0 Å². The van der Waals surface area contributed by atoms with Gasteiger partial charge in [0.15, 0.2) is 0 Å². The van der Waals surface area contributed by atoms with E-state index in [1.807, 2.05) is 12.3 Å². The molecule has 0 saturated carbocycles. The van der Waals surface area contributed by atoms with Gasteiger partial charge in [-0.1, -0.05) is 0 Å². The monoisotopic (exact) mass is 435 g/mol. The molecule has 1 aromatic carbocycles. The standard InChI is InChI=1S/C9H6NO.3C4H9.Sn/c11-10-6-5-8-3-1-2-4-9(8)7-10;3*1-3-4-2;/h1-4,6-7H;3*1,3-4H2,2H3;. The van der Waals surface area contributed by atoms with Crippen molar-refractivity contribution in [1.29, 1.82) is 0 Å². The summed E-state index contributed by atoms with van der Waals surface area (Å²) in [5.41, 5.74) is 0. The van der Waals surface area contributed by atoms with E-state index in [1.54, 1.807) is 6.20 Å². The Kier molecular flexibility index (Phi) is 7.86. The molecule has 0 radical (unpaired) electrons. The molecule has 0 aliphatic heterocycles. The summed E-state index contributed by atoms with van der Waals surface area (Å²) < 4.78 is 6.78. The van der Waals surface area contributed by atoms with Gasteiger partial charge in [0.2, 0.25) is 0 Å². The second kappa shape index (κ2) is 9.64. The van der Waals surface area contributed by atoms with E-state index < -0.39 is 18.4 Å². The van der Waals surface area contributed by atoms with Gasteiger partial charge in [0.1, 0.15) is 0 Å². The molecular weight excluding hydrogens is 401 g/mol. The number of rotatable bonds is 10. The maximum absolute atomic E-state index is 12.3. The summed E-state index contributed by atoms with van der Waals surface area (Å²) in [6.07, 6.45) is 11.5. The molecule has 132 valence electrons. The quantitative estimate of drug-likeness (QED) is 0.275. The molecule has 0 fully saturated rings. The third-order valence-corrected chi connectivity index (χ3v) is 21.0. The van der Waals surface area contributed by atoms with Gasteiger partial charge in [0.25, 0.3) is 0 Å². The van der Waals surface area contributed by atoms with Crippen molar-refractivity contribution in [2.24, 2.45) is 0 Å². The molecule has 1 heterocycles. The zero-order chi connectivity index (χ0) is 17.4. The van der Waals surface area contributed by atoms with Crippen LogP contribution >= 0.6 is 0 Å². The maximum atomic E-state index is 12.3. The Morgan fingerprint density at radius 1 is 0.833 bits per heavy atom. The molecule has 0 aliphatic rings. The van der Waals surface area contributed by atoms with E-state index in [0.717, 1.165) is 10.1 Å². The van der Waals surface area contributed by atoms with Crippen molar-refractivity contribution in [3.63, 3.8) is 0 Å². The number of unbranched alkanes of at least 4 members (excludes halogenated alkanes) is 3. The van der Waals surface area contributed by atoms with Crippen molar-refractivity contribution >= 4 is 32.7 Å². The minimum absolute atomic E-state index is 1.08. The molecule has 0 aliphatic carbocycles. The number of pyridine rings is 1. The third kappa shape index (κ3) is 4.65. The van der Waals surface area contributed by atoms with E-state index in [9.17, 15) is 5.21 Å². The molecule has 2 rings (SSSR count). The predicted molar refractivity (Wildman–Crippen MR) is 107 cm³/mol. The molecule has 0 unspecified atom stereocenters. The molecule has 2 aromatic rings. The predicted octanol–water partition coefficient (Wildman–Crippen LogP) is 5.53. The van der Waals surface area contributed by atoms with Crippen molar-refractivity contribution in [1.82, 2.24) is 0 Å². The van der Waals surface area contributed by atoms with Crippen LogP contribution in [-0.2, 0) is 0 Å². The number of hydrogen-bond acceptors (Lipinski definition) is 1. The summed E-state index contributed by atoms with van der Waals surface area (Å²) >= 11 is -2.57. The Hall–Kier alpha value is -0.771. The van der Waals surface area contributed by atoms with Crippen LogP contribution in [-0.4, -0.2) is 18.4 Å². The summed E-state index contributed by atoms with van der Waals surface area (Å²) in [6.45, 7) is 6.90. The molecule has 0 atom stereocenters. The fourth-order valence-corrected chi connectivity index (χ4v) is 20.7. The van der Waals surface area contributed by atoms with Crippen LogP contribution in [0.15, 0.2) is 36.7 Å². The van der Waals surface area contributed by atoms with E-state index in [2.05, 4.69) is 39.0 Å². The van der Waals surface area contributed by atoms with Gasteiger partial charge >= 0.3 is 152 Å². The average molecular weight is 434 g/mol. The van der Waals surface area contributed by atoms with Crippen molar-refractivity contribution in [3.05, 3.63) is 41.9 Å². The molecule has 0 amide bonds. The number of fused-ring (bicyclic) bond motifs is 1. The molecule has 24 heavy (non-hydrogen) atoms. The first-order chi connectivity index (χ1) is 11.7. The van der Waals surface area contributed by atoms with Crippen LogP contribution in [0.4, 0.5) is 0 Å². The molecule has 2 nitrogen and oxygen atoms in total. The zero-order valence-corrected chi connectivity index (χ0v) is 18.5. The van der Waals surface area contributed by atoms with E-state index in [1.165, 1.54) is 60.8 Å². The summed E-state index contributed by atoms with van der Waals surface area (Å²) in [4.78, 5) is 0. The number of benzene rings is 1. The first-order valence-corrected chi connectivity index (χ1v) is 17.3. The average Bonchev–Trinajstić information content (AvgIpc) is 2.61. The number of hydrogen-bond donors (Lipinski definition) is 0. The van der Waals surface area contributed by atoms with Gasteiger partial charge in [-0.25, -0.2) is 0 Å². The summed E-state index contributed by atoms with van der Waals surface area (Å²) in [5, 5.41) is 14.8. The number of nitrogens with zero attached hydrogens (tertiary/aromatic N) is 1. The second-order valence-electron chi connectivity index (χ2n) is 7.21. The first-order valence-electron chi connectivity index (χ1n) is 9.79. The van der Waals surface area contributed by atoms with Gasteiger partial charge in [0.05, 0.1) is 0 Å². The summed E-state index contributed by atoms with van der Waals surface area (Å²) in [6, 6.07) is 8.54. The van der Waals surface area contributed by atoms with Gasteiger partial charge in [-0.3, -0.25) is 0 Å². The first kappa shape index (κ1) is 19.6. The normalized spacial score (nSPS) is 12.0. The zero-order valence-electron chi connectivity index (χ0n) is 15.7. The van der Waals surface area contributed by atoms with E-state index in [-0.39, 0.29) is 0 Å². The SMILES string of the molecule is CCC[CH2][Sn]([CH2]CCC)([CH2]CCC)[c]1c[n+]([O-])cc2ccccc12. The van der Waals surface area contributed by atoms with Crippen molar-refractivity contribution in [2.45, 2.75) is 72.6 Å². The van der Waals surface area contributed by atoms with Crippen LogP contribution in [0.5, 0.6) is 0 Å². The fraction of sp³-hybridized carbons (Fsp3) is 0.571. The fourth-order valence-electron chi connectivity index (χ4n) is 3.97. The van der Waals surface area contributed by atoms with Crippen LogP contribution in [0.1, 0.15) is 59.3 Å². The molecule has 0 saturated heterocycles. The molecular formula is C21H33NOSn. The van der Waals surface area contributed by atoms with Gasteiger partial charge in [-0.2, -0.15) is 0 Å². The second-order valence-corrected chi connectivity index (χ2v) is 20.3. The van der Waals surface area contributed by atoms with Crippen LogP contribution in [0.3, 0.4) is 0 Å². The van der Waals surface area contributed by atoms with Crippen LogP contribution in [0.25, 0.3) is 10.8 Å². The van der Waals surface area contributed by atoms with E-state index in [0.29, 0.717) is 0 Å². The van der Waals surface area contributed by atoms with Crippen molar-refractivity contribution < 1.29 is 4.73 Å². The van der Waals surface area contributed by atoms with Crippen molar-refractivity contribution in [3.8, 4) is 0 Å². The van der Waals surface area contributed by atoms with Crippen LogP contribution in [0, 0.1) is 5.21 Å². The molecule has 0 N–H and O–H groups in total. The van der Waals surface area contributed by atoms with Gasteiger partial charge in [0, 0.05) is 0 Å². The van der Waals surface area contributed by atoms with Crippen LogP contribution in [0.2, 0.25) is 13.3 Å². The summed E-state index contributed by atoms with van der Waals surface area (Å²) in [5.74, 6) is 0. The topological polar surface area (TPSA) is 26.9 Å². The van der Waals surface area contributed by atoms with Crippen LogP contribution < -0.4 is 8.31 Å². The third-order valence-electron chi connectivity index (χ3n) is 5.37. The van der Waals surface area contributed by atoms with Gasteiger partial charge < -0.3 is 0 Å². The Morgan fingerprint density at radius 3 is 1.92 bits per heavy atom. The molecule has 0 bridgehead atoms. The molecule has 0 spiro atoms. The Morgan fingerprint density at radius 2 is 1.38 bits per heavy atom. The molecule has 3 heteroatoms. The minimum atomic E-state index is -2.57. The van der Waals surface area contributed by atoms with Gasteiger partial charge in [-0.15, -0.1) is 0 Å². The summed E-state index contributed by atoms with van der Waals surface area (Å²) in [7, 11) is 0. The number of aromatic nitrogens is 1. The Labute approximate surface area is 151 Å². The molecule has 1 aromatic heterocycles. The van der Waals surface area contributed by atoms with Crippen molar-refractivity contribution in [2.75, 3.05) is 0 Å².